The summed E-state index contributed by atoms with van der Waals surface area (Å²) in [5, 5.41) is 2.78. The maximum Gasteiger partial charge on any atom is 0.260 e. The lowest BCUT2D eigenvalue weighted by Crippen LogP contribution is -2.38. The van der Waals surface area contributed by atoms with Crippen LogP contribution in [0.15, 0.2) is 18.2 Å². The van der Waals surface area contributed by atoms with Crippen molar-refractivity contribution in [2.24, 2.45) is 5.92 Å². The number of benzene rings is 1. The first kappa shape index (κ1) is 16.0. The molecular weight excluding hydrogens is 258 g/mol. The van der Waals surface area contributed by atoms with Gasteiger partial charge in [0.25, 0.3) is 5.91 Å². The van der Waals surface area contributed by atoms with Crippen molar-refractivity contribution < 1.29 is 19.1 Å². The van der Waals surface area contributed by atoms with Gasteiger partial charge in [-0.1, -0.05) is 13.8 Å². The molecule has 20 heavy (non-hydrogen) atoms. The molecule has 0 spiro atoms. The zero-order chi connectivity index (χ0) is 15.1. The van der Waals surface area contributed by atoms with Crippen LogP contribution >= 0.6 is 0 Å². The first-order valence-corrected chi connectivity index (χ1v) is 6.55. The van der Waals surface area contributed by atoms with Gasteiger partial charge >= 0.3 is 0 Å². The fourth-order valence-corrected chi connectivity index (χ4v) is 1.53. The van der Waals surface area contributed by atoms with Crippen molar-refractivity contribution in [2.45, 2.75) is 26.9 Å². The van der Waals surface area contributed by atoms with Crippen LogP contribution < -0.4 is 14.8 Å². The van der Waals surface area contributed by atoms with E-state index in [9.17, 15) is 9.59 Å². The lowest BCUT2D eigenvalue weighted by atomic mass is 10.2. The molecule has 0 aliphatic rings. The molecule has 1 aromatic carbocycles. The van der Waals surface area contributed by atoms with Crippen LogP contribution in [-0.4, -0.2) is 32.0 Å². The Kier molecular flexibility index (Phi) is 6.03. The van der Waals surface area contributed by atoms with Crippen molar-refractivity contribution in [3.63, 3.8) is 0 Å². The zero-order valence-electron chi connectivity index (χ0n) is 12.3. The van der Waals surface area contributed by atoms with E-state index in [-0.39, 0.29) is 5.91 Å². The van der Waals surface area contributed by atoms with Crippen LogP contribution in [0.25, 0.3) is 0 Å². The van der Waals surface area contributed by atoms with Crippen molar-refractivity contribution in [1.29, 1.82) is 0 Å². The molecule has 1 atom stereocenters. The molecule has 1 aromatic rings. The van der Waals surface area contributed by atoms with Gasteiger partial charge in [0.2, 0.25) is 0 Å². The topological polar surface area (TPSA) is 64.6 Å². The van der Waals surface area contributed by atoms with Gasteiger partial charge in [0.1, 0.15) is 11.5 Å². The Bertz CT molecular complexity index is 471. The summed E-state index contributed by atoms with van der Waals surface area (Å²) in [5.74, 6) is 1.07. The molecule has 1 unspecified atom stereocenters. The Morgan fingerprint density at radius 1 is 1.35 bits per heavy atom. The number of amides is 1. The van der Waals surface area contributed by atoms with Crippen molar-refractivity contribution in [3.05, 3.63) is 23.8 Å². The second-order valence-corrected chi connectivity index (χ2v) is 4.92. The number of ether oxygens (including phenoxy) is 2. The zero-order valence-corrected chi connectivity index (χ0v) is 12.3. The molecule has 0 saturated heterocycles. The molecule has 0 bridgehead atoms. The van der Waals surface area contributed by atoms with Gasteiger partial charge in [0.15, 0.2) is 12.4 Å². The minimum atomic E-state index is -0.681. The lowest BCUT2D eigenvalue weighted by molar-refractivity contribution is -0.127. The molecule has 5 heteroatoms. The molecule has 0 radical (unpaired) electrons. The standard InChI is InChI=1S/C15H21NO4/c1-10(2)8-16-15(18)11(3)20-14-7-13(19-4)6-5-12(14)9-17/h5-7,9-11H,8H2,1-4H3,(H,16,18). The van der Waals surface area contributed by atoms with Crippen molar-refractivity contribution >= 4 is 12.2 Å². The second-order valence-electron chi connectivity index (χ2n) is 4.92. The van der Waals surface area contributed by atoms with Crippen LogP contribution in [0.3, 0.4) is 0 Å². The molecule has 110 valence electrons. The van der Waals surface area contributed by atoms with E-state index in [0.29, 0.717) is 35.8 Å². The fraction of sp³-hybridized carbons (Fsp3) is 0.467. The largest absolute Gasteiger partial charge is 0.497 e. The first-order valence-electron chi connectivity index (χ1n) is 6.55. The fourth-order valence-electron chi connectivity index (χ4n) is 1.53. The lowest BCUT2D eigenvalue weighted by Gasteiger charge is -2.17. The smallest absolute Gasteiger partial charge is 0.260 e. The molecule has 0 aliphatic heterocycles. The van der Waals surface area contributed by atoms with Gasteiger partial charge in [0, 0.05) is 12.6 Å². The molecule has 0 aliphatic carbocycles. The van der Waals surface area contributed by atoms with Crippen LogP contribution in [0.2, 0.25) is 0 Å². The summed E-state index contributed by atoms with van der Waals surface area (Å²) in [7, 11) is 1.53. The number of nitrogens with one attached hydrogen (secondary N) is 1. The van der Waals surface area contributed by atoms with E-state index in [1.807, 2.05) is 13.8 Å². The molecule has 0 saturated carbocycles. The van der Waals surface area contributed by atoms with Crippen LogP contribution in [0.1, 0.15) is 31.1 Å². The third-order valence-corrected chi connectivity index (χ3v) is 2.71. The maximum atomic E-state index is 11.9. The number of aldehydes is 1. The van der Waals surface area contributed by atoms with Gasteiger partial charge in [-0.3, -0.25) is 9.59 Å². The minimum Gasteiger partial charge on any atom is -0.497 e. The summed E-state index contributed by atoms with van der Waals surface area (Å²) >= 11 is 0. The predicted molar refractivity (Wildman–Crippen MR) is 76.3 cm³/mol. The van der Waals surface area contributed by atoms with Crippen LogP contribution in [0, 0.1) is 5.92 Å². The number of carbonyl (C=O) groups is 2. The predicted octanol–water partition coefficient (Wildman–Crippen LogP) is 2.05. The summed E-state index contributed by atoms with van der Waals surface area (Å²) in [6.07, 6.45) is 0.00704. The summed E-state index contributed by atoms with van der Waals surface area (Å²) in [5.41, 5.74) is 0.384. The number of carbonyl (C=O) groups excluding carboxylic acids is 2. The quantitative estimate of drug-likeness (QED) is 0.776. The van der Waals surface area contributed by atoms with Crippen molar-refractivity contribution in [2.75, 3.05) is 13.7 Å². The summed E-state index contributed by atoms with van der Waals surface area (Å²) in [6, 6.07) is 4.86. The highest BCUT2D eigenvalue weighted by Gasteiger charge is 2.16. The third kappa shape index (κ3) is 4.57. The molecular formula is C15H21NO4. The molecule has 0 fully saturated rings. The molecule has 5 nitrogen and oxygen atoms in total. The number of methoxy groups -OCH3 is 1. The highest BCUT2D eigenvalue weighted by atomic mass is 16.5. The van der Waals surface area contributed by atoms with Crippen molar-refractivity contribution in [3.8, 4) is 11.5 Å². The SMILES string of the molecule is COc1ccc(C=O)c(OC(C)C(=O)NCC(C)C)c1. The Balaban J connectivity index is 2.75. The van der Waals surface area contributed by atoms with E-state index in [0.717, 1.165) is 0 Å². The summed E-state index contributed by atoms with van der Waals surface area (Å²) < 4.78 is 10.6. The van der Waals surface area contributed by atoms with Crippen LogP contribution in [-0.2, 0) is 4.79 Å². The molecule has 1 amide bonds. The Morgan fingerprint density at radius 3 is 2.60 bits per heavy atom. The average molecular weight is 279 g/mol. The second kappa shape index (κ2) is 7.53. The molecule has 0 heterocycles. The maximum absolute atomic E-state index is 11.9. The molecule has 1 N–H and O–H groups in total. The van der Waals surface area contributed by atoms with Gasteiger partial charge in [0.05, 0.1) is 12.7 Å². The number of rotatable bonds is 7. The number of hydrogen-bond donors (Lipinski definition) is 1. The van der Waals surface area contributed by atoms with Gasteiger partial charge < -0.3 is 14.8 Å². The van der Waals surface area contributed by atoms with Gasteiger partial charge in [-0.25, -0.2) is 0 Å². The summed E-state index contributed by atoms with van der Waals surface area (Å²) in [4.78, 5) is 22.8. The van der Waals surface area contributed by atoms with Crippen LogP contribution in [0.4, 0.5) is 0 Å². The van der Waals surface area contributed by atoms with Gasteiger partial charge in [-0.15, -0.1) is 0 Å². The minimum absolute atomic E-state index is 0.210. The monoisotopic (exact) mass is 279 g/mol. The molecule has 0 aromatic heterocycles. The van der Waals surface area contributed by atoms with Gasteiger partial charge in [-0.2, -0.15) is 0 Å². The highest BCUT2D eigenvalue weighted by molar-refractivity contribution is 5.82. The Morgan fingerprint density at radius 2 is 2.05 bits per heavy atom. The normalized spacial score (nSPS) is 11.8. The Labute approximate surface area is 119 Å². The highest BCUT2D eigenvalue weighted by Crippen LogP contribution is 2.24. The van der Waals surface area contributed by atoms with Gasteiger partial charge in [-0.05, 0) is 25.0 Å². The first-order chi connectivity index (χ1) is 9.47. The van der Waals surface area contributed by atoms with E-state index in [2.05, 4.69) is 5.32 Å². The Hall–Kier alpha value is -2.04. The molecule has 1 rings (SSSR count). The van der Waals surface area contributed by atoms with E-state index < -0.39 is 6.10 Å². The summed E-state index contributed by atoms with van der Waals surface area (Å²) in [6.45, 7) is 6.26. The average Bonchev–Trinajstić information content (AvgIpc) is 2.44. The van der Waals surface area contributed by atoms with Crippen molar-refractivity contribution in [1.82, 2.24) is 5.32 Å². The number of hydrogen-bond acceptors (Lipinski definition) is 4. The van der Waals surface area contributed by atoms with E-state index in [1.54, 1.807) is 25.1 Å². The van der Waals surface area contributed by atoms with Crippen LogP contribution in [0.5, 0.6) is 11.5 Å². The van der Waals surface area contributed by atoms with E-state index >= 15 is 0 Å². The van der Waals surface area contributed by atoms with E-state index in [4.69, 9.17) is 9.47 Å². The third-order valence-electron chi connectivity index (χ3n) is 2.71. The van der Waals surface area contributed by atoms with E-state index in [1.165, 1.54) is 7.11 Å².